The molecule has 0 radical (unpaired) electrons. The Bertz CT molecular complexity index is 1150. The van der Waals surface area contributed by atoms with Gasteiger partial charge in [-0.1, -0.05) is 36.0 Å². The van der Waals surface area contributed by atoms with Gasteiger partial charge in [-0.3, -0.25) is 9.36 Å². The molecule has 0 saturated carbocycles. The zero-order chi connectivity index (χ0) is 18.1. The molecule has 4 aromatic rings. The van der Waals surface area contributed by atoms with Crippen molar-refractivity contribution < 1.29 is 0 Å². The zero-order valence-electron chi connectivity index (χ0n) is 14.6. The molecule has 0 spiro atoms. The van der Waals surface area contributed by atoms with Crippen LogP contribution >= 0.6 is 11.8 Å². The Balaban J connectivity index is 1.63. The van der Waals surface area contributed by atoms with Gasteiger partial charge in [0, 0.05) is 18.1 Å². The number of nitrogens with zero attached hydrogens (tertiary/aromatic N) is 3. The maximum Gasteiger partial charge on any atom is 0.258 e. The van der Waals surface area contributed by atoms with Gasteiger partial charge < -0.3 is 4.98 Å². The maximum atomic E-state index is 12.3. The number of aromatic amines is 1. The first-order valence-electron chi connectivity index (χ1n) is 8.33. The number of hydrogen-bond donors (Lipinski definition) is 1. The van der Waals surface area contributed by atoms with Crippen LogP contribution in [0.1, 0.15) is 17.0 Å². The molecule has 0 amide bonds. The number of fused-ring (bicyclic) bond motifs is 1. The number of rotatable bonds is 4. The highest BCUT2D eigenvalue weighted by atomic mass is 32.2. The van der Waals surface area contributed by atoms with Crippen molar-refractivity contribution in [3.05, 3.63) is 82.2 Å². The number of thioether (sulfide) groups is 1. The summed E-state index contributed by atoms with van der Waals surface area (Å²) in [7, 11) is 0. The number of benzene rings is 2. The molecule has 0 aliphatic carbocycles. The van der Waals surface area contributed by atoms with Gasteiger partial charge in [0.15, 0.2) is 5.16 Å². The number of imidazole rings is 1. The molecule has 2 aromatic carbocycles. The van der Waals surface area contributed by atoms with Crippen molar-refractivity contribution in [1.82, 2.24) is 19.5 Å². The van der Waals surface area contributed by atoms with E-state index in [9.17, 15) is 4.79 Å². The van der Waals surface area contributed by atoms with Gasteiger partial charge >= 0.3 is 0 Å². The highest BCUT2D eigenvalue weighted by Gasteiger charge is 2.10. The van der Waals surface area contributed by atoms with Crippen LogP contribution in [0.5, 0.6) is 0 Å². The molecule has 6 heteroatoms. The molecule has 4 rings (SSSR count). The SMILES string of the molecule is Cc1cccc(-n2ccnc2SCc2nc3c(C)cccc3c(=O)[nH]2)c1. The van der Waals surface area contributed by atoms with Gasteiger partial charge in [-0.25, -0.2) is 9.97 Å². The molecule has 130 valence electrons. The lowest BCUT2D eigenvalue weighted by Gasteiger charge is -2.08. The topological polar surface area (TPSA) is 63.6 Å². The number of nitrogens with one attached hydrogen (secondary N) is 1. The summed E-state index contributed by atoms with van der Waals surface area (Å²) in [5.74, 6) is 1.20. The second-order valence-corrected chi connectivity index (χ2v) is 7.13. The molecule has 2 aromatic heterocycles. The monoisotopic (exact) mass is 362 g/mol. The average Bonchev–Trinajstić information content (AvgIpc) is 3.09. The van der Waals surface area contributed by atoms with E-state index >= 15 is 0 Å². The second-order valence-electron chi connectivity index (χ2n) is 6.19. The van der Waals surface area contributed by atoms with Gasteiger partial charge in [-0.2, -0.15) is 0 Å². The molecule has 0 bridgehead atoms. The van der Waals surface area contributed by atoms with E-state index in [0.717, 1.165) is 21.9 Å². The smallest absolute Gasteiger partial charge is 0.258 e. The fourth-order valence-electron chi connectivity index (χ4n) is 2.92. The van der Waals surface area contributed by atoms with Crippen molar-refractivity contribution in [2.24, 2.45) is 0 Å². The molecule has 0 aliphatic heterocycles. The fraction of sp³-hybridized carbons (Fsp3) is 0.150. The van der Waals surface area contributed by atoms with Crippen LogP contribution in [0.25, 0.3) is 16.6 Å². The van der Waals surface area contributed by atoms with Gasteiger partial charge in [-0.05, 0) is 43.2 Å². The Kier molecular flexibility index (Phi) is 4.34. The summed E-state index contributed by atoms with van der Waals surface area (Å²) >= 11 is 1.55. The first-order valence-corrected chi connectivity index (χ1v) is 9.32. The summed E-state index contributed by atoms with van der Waals surface area (Å²) in [6.07, 6.45) is 3.73. The van der Waals surface area contributed by atoms with Gasteiger partial charge in [0.2, 0.25) is 0 Å². The summed E-state index contributed by atoms with van der Waals surface area (Å²) in [5, 5.41) is 1.49. The van der Waals surface area contributed by atoms with Crippen molar-refractivity contribution in [3.63, 3.8) is 0 Å². The highest BCUT2D eigenvalue weighted by Crippen LogP contribution is 2.24. The van der Waals surface area contributed by atoms with Gasteiger partial charge in [-0.15, -0.1) is 0 Å². The highest BCUT2D eigenvalue weighted by molar-refractivity contribution is 7.98. The van der Waals surface area contributed by atoms with Gasteiger partial charge in [0.25, 0.3) is 5.56 Å². The number of hydrogen-bond acceptors (Lipinski definition) is 4. The third kappa shape index (κ3) is 3.15. The first-order chi connectivity index (χ1) is 12.6. The minimum atomic E-state index is -0.101. The Hall–Kier alpha value is -2.86. The van der Waals surface area contributed by atoms with Crippen LogP contribution < -0.4 is 5.56 Å². The lowest BCUT2D eigenvalue weighted by atomic mass is 10.1. The van der Waals surface area contributed by atoms with Crippen molar-refractivity contribution in [3.8, 4) is 5.69 Å². The third-order valence-electron chi connectivity index (χ3n) is 4.21. The summed E-state index contributed by atoms with van der Waals surface area (Å²) in [4.78, 5) is 24.3. The number of aromatic nitrogens is 4. The summed E-state index contributed by atoms with van der Waals surface area (Å²) in [5.41, 5.74) is 3.93. The normalized spacial score (nSPS) is 11.2. The lowest BCUT2D eigenvalue weighted by Crippen LogP contribution is -2.12. The summed E-state index contributed by atoms with van der Waals surface area (Å²) < 4.78 is 2.04. The summed E-state index contributed by atoms with van der Waals surface area (Å²) in [6, 6.07) is 13.9. The Morgan fingerprint density at radius 3 is 2.85 bits per heavy atom. The van der Waals surface area contributed by atoms with Gasteiger partial charge in [0.05, 0.1) is 16.7 Å². The number of para-hydroxylation sites is 1. The Morgan fingerprint density at radius 2 is 2.00 bits per heavy atom. The predicted molar refractivity (Wildman–Crippen MR) is 105 cm³/mol. The molecule has 5 nitrogen and oxygen atoms in total. The molecule has 0 fully saturated rings. The zero-order valence-corrected chi connectivity index (χ0v) is 15.4. The maximum absolute atomic E-state index is 12.3. The number of aryl methyl sites for hydroxylation is 2. The second kappa shape index (κ2) is 6.80. The molecule has 0 aliphatic rings. The predicted octanol–water partition coefficient (Wildman–Crippen LogP) is 4.02. The minimum Gasteiger partial charge on any atom is -0.309 e. The van der Waals surface area contributed by atoms with Crippen molar-refractivity contribution in [1.29, 1.82) is 0 Å². The van der Waals surface area contributed by atoms with Crippen LogP contribution in [0, 0.1) is 13.8 Å². The van der Waals surface area contributed by atoms with E-state index < -0.39 is 0 Å². The van der Waals surface area contributed by atoms with E-state index in [1.54, 1.807) is 24.0 Å². The van der Waals surface area contributed by atoms with E-state index in [-0.39, 0.29) is 5.56 Å². The van der Waals surface area contributed by atoms with E-state index in [0.29, 0.717) is 17.0 Å². The third-order valence-corrected chi connectivity index (χ3v) is 5.19. The molecule has 0 atom stereocenters. The van der Waals surface area contributed by atoms with E-state index in [2.05, 4.69) is 40.1 Å². The van der Waals surface area contributed by atoms with E-state index in [4.69, 9.17) is 0 Å². The standard InChI is InChI=1S/C20H18N4OS/c1-13-5-3-7-15(11-13)24-10-9-21-20(24)26-12-17-22-18-14(2)6-4-8-16(18)19(25)23-17/h3-11H,12H2,1-2H3,(H,22,23,25). The van der Waals surface area contributed by atoms with Crippen LogP contribution in [0.2, 0.25) is 0 Å². The molecule has 0 saturated heterocycles. The molecule has 1 N–H and O–H groups in total. The average molecular weight is 362 g/mol. The molecular weight excluding hydrogens is 344 g/mol. The molecular formula is C20H18N4OS. The molecule has 2 heterocycles. The van der Waals surface area contributed by atoms with E-state index in [1.807, 2.05) is 35.9 Å². The first kappa shape index (κ1) is 16.6. The van der Waals surface area contributed by atoms with Crippen molar-refractivity contribution in [2.75, 3.05) is 0 Å². The van der Waals surface area contributed by atoms with Crippen molar-refractivity contribution in [2.45, 2.75) is 24.8 Å². The van der Waals surface area contributed by atoms with Crippen molar-refractivity contribution >= 4 is 22.7 Å². The minimum absolute atomic E-state index is 0.101. The quantitative estimate of drug-likeness (QED) is 0.557. The Labute approximate surface area is 155 Å². The molecule has 0 unspecified atom stereocenters. The van der Waals surface area contributed by atoms with E-state index in [1.165, 1.54) is 5.56 Å². The van der Waals surface area contributed by atoms with Crippen LogP contribution in [0.3, 0.4) is 0 Å². The van der Waals surface area contributed by atoms with Crippen LogP contribution in [0.15, 0.2) is 64.8 Å². The van der Waals surface area contributed by atoms with Crippen LogP contribution in [0.4, 0.5) is 0 Å². The number of H-pyrrole nitrogens is 1. The summed E-state index contributed by atoms with van der Waals surface area (Å²) in [6.45, 7) is 4.04. The van der Waals surface area contributed by atoms with Crippen LogP contribution in [-0.2, 0) is 5.75 Å². The largest absolute Gasteiger partial charge is 0.309 e. The van der Waals surface area contributed by atoms with Crippen LogP contribution in [-0.4, -0.2) is 19.5 Å². The Morgan fingerprint density at radius 1 is 1.15 bits per heavy atom. The van der Waals surface area contributed by atoms with Gasteiger partial charge in [0.1, 0.15) is 5.82 Å². The molecule has 26 heavy (non-hydrogen) atoms. The lowest BCUT2D eigenvalue weighted by molar-refractivity contribution is 0.891. The fourth-order valence-corrected chi connectivity index (χ4v) is 3.77.